The lowest BCUT2D eigenvalue weighted by atomic mass is 9.66. The van der Waals surface area contributed by atoms with Crippen molar-refractivity contribution in [3.05, 3.63) is 246 Å². The average molecular weight is 806 g/mol. The van der Waals surface area contributed by atoms with Crippen LogP contribution in [0.15, 0.2) is 228 Å². The second-order valence-electron chi connectivity index (χ2n) is 17.3. The molecule has 4 aliphatic rings. The first-order chi connectivity index (χ1) is 31.3. The van der Waals surface area contributed by atoms with Gasteiger partial charge in [-0.15, -0.1) is 0 Å². The fourth-order valence-electron chi connectivity index (χ4n) is 11.6. The van der Waals surface area contributed by atoms with Gasteiger partial charge in [0.1, 0.15) is 11.2 Å². The summed E-state index contributed by atoms with van der Waals surface area (Å²) < 4.78 is 6.66. The Morgan fingerprint density at radius 2 is 1.00 bits per heavy atom. The van der Waals surface area contributed by atoms with Gasteiger partial charge >= 0.3 is 0 Å². The van der Waals surface area contributed by atoms with E-state index in [9.17, 15) is 0 Å². The monoisotopic (exact) mass is 805 g/mol. The van der Waals surface area contributed by atoms with Crippen molar-refractivity contribution >= 4 is 50.1 Å². The van der Waals surface area contributed by atoms with E-state index in [2.05, 4.69) is 217 Å². The highest BCUT2D eigenvalue weighted by atomic mass is 16.3. The van der Waals surface area contributed by atoms with Crippen LogP contribution in [0.5, 0.6) is 0 Å². The summed E-state index contributed by atoms with van der Waals surface area (Å²) in [5.41, 5.74) is 23.3. The molecule has 0 bridgehead atoms. The summed E-state index contributed by atoms with van der Waals surface area (Å²) >= 11 is 0. The molecule has 0 saturated carbocycles. The lowest BCUT2D eigenvalue weighted by Crippen LogP contribution is -2.30. The maximum atomic E-state index is 6.66. The van der Waals surface area contributed by atoms with Gasteiger partial charge in [0.2, 0.25) is 0 Å². The summed E-state index contributed by atoms with van der Waals surface area (Å²) in [7, 11) is 0. The Morgan fingerprint density at radius 3 is 1.76 bits per heavy atom. The molecule has 0 saturated heterocycles. The van der Waals surface area contributed by atoms with Crippen LogP contribution in [0.4, 0.5) is 17.1 Å². The Morgan fingerprint density at radius 1 is 0.429 bits per heavy atom. The first-order valence-electron chi connectivity index (χ1n) is 22.4. The van der Waals surface area contributed by atoms with Gasteiger partial charge in [-0.25, -0.2) is 0 Å². The summed E-state index contributed by atoms with van der Waals surface area (Å²) in [5, 5.41) is 2.21. The minimum Gasteiger partial charge on any atom is -0.456 e. The van der Waals surface area contributed by atoms with E-state index in [-0.39, 0.29) is 5.41 Å². The Hall–Kier alpha value is -7.68. The van der Waals surface area contributed by atoms with Crippen LogP contribution in [-0.4, -0.2) is 0 Å². The second-order valence-corrected chi connectivity index (χ2v) is 17.3. The molecule has 13 rings (SSSR count). The first kappa shape index (κ1) is 36.0. The van der Waals surface area contributed by atoms with Crippen LogP contribution < -0.4 is 4.90 Å². The second kappa shape index (κ2) is 14.2. The standard InChI is InChI=1S/C61H43NO/c1-3-19-40(20-4-1)43-23-7-8-27-49(43)59-44(41-21-5-2-6-22-41)29-17-33-55(59)62(56-34-18-36-58-60(56)50-28-12-16-35-57(50)63-58)42-37-38-48-47-26-11-15-32-53(47)61(54(48)39-42)51-30-13-9-24-45(51)46-25-10-14-31-52(46)61/h1-13,16-30,33-39H,14-15,31-32H2. The molecular formula is C61H43NO. The van der Waals surface area contributed by atoms with E-state index in [0.717, 1.165) is 64.7 Å². The molecule has 0 fully saturated rings. The minimum absolute atomic E-state index is 0.323. The lowest BCUT2D eigenvalue weighted by Gasteiger charge is -2.37. The number of nitrogens with zero attached hydrogens (tertiary/aromatic N) is 1. The van der Waals surface area contributed by atoms with Crippen molar-refractivity contribution < 1.29 is 4.42 Å². The first-order valence-corrected chi connectivity index (χ1v) is 22.4. The molecule has 2 heteroatoms. The third-order valence-electron chi connectivity index (χ3n) is 14.1. The maximum Gasteiger partial charge on any atom is 0.137 e. The van der Waals surface area contributed by atoms with Gasteiger partial charge in [0.15, 0.2) is 0 Å². The van der Waals surface area contributed by atoms with Crippen LogP contribution in [0.2, 0.25) is 0 Å². The lowest BCUT2D eigenvalue weighted by molar-refractivity contribution is 0.661. The fourth-order valence-corrected chi connectivity index (χ4v) is 11.6. The average Bonchev–Trinajstić information content (AvgIpc) is 3.99. The molecule has 1 unspecified atom stereocenters. The molecule has 4 aliphatic carbocycles. The summed E-state index contributed by atoms with van der Waals surface area (Å²) in [6.45, 7) is 0. The molecule has 0 radical (unpaired) electrons. The highest BCUT2D eigenvalue weighted by Crippen LogP contribution is 2.65. The van der Waals surface area contributed by atoms with Gasteiger partial charge in [-0.05, 0) is 134 Å². The molecule has 2 nitrogen and oxygen atoms in total. The predicted molar refractivity (Wildman–Crippen MR) is 263 cm³/mol. The molecule has 8 aromatic carbocycles. The van der Waals surface area contributed by atoms with Gasteiger partial charge in [-0.2, -0.15) is 0 Å². The number of para-hydroxylation sites is 1. The van der Waals surface area contributed by atoms with E-state index >= 15 is 0 Å². The molecule has 63 heavy (non-hydrogen) atoms. The minimum atomic E-state index is -0.323. The van der Waals surface area contributed by atoms with Crippen LogP contribution in [-0.2, 0) is 5.41 Å². The van der Waals surface area contributed by atoms with E-state index in [1.807, 2.05) is 0 Å². The number of fused-ring (bicyclic) bond motifs is 11. The maximum absolute atomic E-state index is 6.66. The summed E-state index contributed by atoms with van der Waals surface area (Å²) in [5.74, 6) is 0. The number of benzene rings is 8. The quantitative estimate of drug-likeness (QED) is 0.166. The van der Waals surface area contributed by atoms with Gasteiger partial charge < -0.3 is 9.32 Å². The molecule has 1 spiro atoms. The van der Waals surface area contributed by atoms with Gasteiger partial charge in [0.05, 0.1) is 22.2 Å². The van der Waals surface area contributed by atoms with Crippen molar-refractivity contribution in [3.63, 3.8) is 0 Å². The molecule has 1 atom stereocenters. The van der Waals surface area contributed by atoms with Crippen molar-refractivity contribution in [2.75, 3.05) is 4.90 Å². The summed E-state index contributed by atoms with van der Waals surface area (Å²) in [4.78, 5) is 2.55. The van der Waals surface area contributed by atoms with E-state index in [1.165, 1.54) is 66.8 Å². The zero-order valence-electron chi connectivity index (χ0n) is 34.9. The Bertz CT molecular complexity index is 3440. The highest BCUT2D eigenvalue weighted by molar-refractivity contribution is 6.15. The molecular weight excluding hydrogens is 763 g/mol. The molecule has 0 amide bonds. The molecule has 1 heterocycles. The normalized spacial score (nSPS) is 17.1. The smallest absolute Gasteiger partial charge is 0.137 e. The topological polar surface area (TPSA) is 16.4 Å². The van der Waals surface area contributed by atoms with Crippen molar-refractivity contribution in [3.8, 4) is 33.4 Å². The summed E-state index contributed by atoms with van der Waals surface area (Å²) in [6, 6.07) is 69.2. The van der Waals surface area contributed by atoms with E-state index in [0.29, 0.717) is 0 Å². The number of anilines is 3. The van der Waals surface area contributed by atoms with E-state index in [1.54, 1.807) is 11.1 Å². The number of allylic oxidation sites excluding steroid dienone is 8. The van der Waals surface area contributed by atoms with Crippen molar-refractivity contribution in [2.45, 2.75) is 31.1 Å². The number of furan rings is 1. The number of rotatable bonds is 6. The number of hydrogen-bond acceptors (Lipinski definition) is 2. The number of hydrogen-bond donors (Lipinski definition) is 0. The molecule has 9 aromatic rings. The van der Waals surface area contributed by atoms with E-state index < -0.39 is 0 Å². The Kier molecular flexibility index (Phi) is 8.11. The van der Waals surface area contributed by atoms with Gasteiger partial charge in [-0.1, -0.05) is 176 Å². The van der Waals surface area contributed by atoms with Crippen molar-refractivity contribution in [1.29, 1.82) is 0 Å². The third kappa shape index (κ3) is 5.25. The van der Waals surface area contributed by atoms with Crippen molar-refractivity contribution in [1.82, 2.24) is 0 Å². The Balaban J connectivity index is 1.15. The Labute approximate surface area is 368 Å². The fraction of sp³-hybridized carbons (Fsp3) is 0.0820. The third-order valence-corrected chi connectivity index (χ3v) is 14.1. The largest absolute Gasteiger partial charge is 0.456 e. The van der Waals surface area contributed by atoms with E-state index in [4.69, 9.17) is 4.42 Å². The molecule has 0 aliphatic heterocycles. The van der Waals surface area contributed by atoms with Crippen LogP contribution >= 0.6 is 0 Å². The van der Waals surface area contributed by atoms with Crippen LogP contribution in [0.3, 0.4) is 0 Å². The highest BCUT2D eigenvalue weighted by Gasteiger charge is 2.53. The van der Waals surface area contributed by atoms with Gasteiger partial charge in [0.25, 0.3) is 0 Å². The zero-order chi connectivity index (χ0) is 41.5. The van der Waals surface area contributed by atoms with Crippen molar-refractivity contribution in [2.24, 2.45) is 0 Å². The van der Waals surface area contributed by atoms with Gasteiger partial charge in [0, 0.05) is 16.6 Å². The van der Waals surface area contributed by atoms with Crippen LogP contribution in [0.1, 0.15) is 47.9 Å². The zero-order valence-corrected chi connectivity index (χ0v) is 34.9. The van der Waals surface area contributed by atoms with Crippen LogP contribution in [0, 0.1) is 0 Å². The van der Waals surface area contributed by atoms with Gasteiger partial charge in [-0.3, -0.25) is 0 Å². The SMILES string of the molecule is C1=CC2=C(CC1)C1(C3=C(C=CCC3)c3ccc(N(c4cccc(-c5ccccc5)c4-c4ccccc4-c4ccccc4)c4cccc5oc6ccccc6c45)cc31)c1ccccc12. The molecule has 298 valence electrons. The molecule has 1 aromatic heterocycles. The molecule has 0 N–H and O–H groups in total. The summed E-state index contributed by atoms with van der Waals surface area (Å²) in [6.07, 6.45) is 13.8. The predicted octanol–water partition coefficient (Wildman–Crippen LogP) is 16.6. The van der Waals surface area contributed by atoms with Crippen LogP contribution in [0.25, 0.3) is 66.5 Å².